The maximum atomic E-state index is 12.4. The van der Waals surface area contributed by atoms with Crippen LogP contribution in [0.25, 0.3) is 10.4 Å². The van der Waals surface area contributed by atoms with Crippen molar-refractivity contribution in [2.24, 2.45) is 0 Å². The number of carbonyl (C=O) groups excluding carboxylic acids is 2. The van der Waals surface area contributed by atoms with Gasteiger partial charge in [-0.15, -0.1) is 0 Å². The highest BCUT2D eigenvalue weighted by Crippen LogP contribution is 2.37. The number of nitrogens with one attached hydrogen (secondary N) is 1. The monoisotopic (exact) mass is 419 g/mol. The molecule has 146 valence electrons. The summed E-state index contributed by atoms with van der Waals surface area (Å²) in [5, 5.41) is 7.41. The van der Waals surface area contributed by atoms with Crippen LogP contribution in [0.4, 0.5) is 5.13 Å². The molecule has 3 aromatic rings. The molecule has 0 aliphatic heterocycles. The van der Waals surface area contributed by atoms with Crippen molar-refractivity contribution in [1.82, 2.24) is 10.1 Å². The molecular formula is C19H18ClN3O4S. The molecule has 0 bridgehead atoms. The molecule has 2 aromatic heterocycles. The molecule has 0 spiro atoms. The first kappa shape index (κ1) is 20.0. The SMILES string of the molecule is COC(=O)c1nc(NC(=O)CCc2c(C)noc2C)sc1-c1ccccc1Cl. The number of thiazole rings is 1. The molecule has 0 aliphatic rings. The number of ether oxygens (including phenoxy) is 1. The van der Waals surface area contributed by atoms with E-state index in [1.807, 2.05) is 19.9 Å². The van der Waals surface area contributed by atoms with Gasteiger partial charge in [-0.25, -0.2) is 9.78 Å². The van der Waals surface area contributed by atoms with Gasteiger partial charge in [-0.1, -0.05) is 46.3 Å². The maximum Gasteiger partial charge on any atom is 0.358 e. The third kappa shape index (κ3) is 4.23. The molecule has 0 fully saturated rings. The van der Waals surface area contributed by atoms with Crippen molar-refractivity contribution in [2.75, 3.05) is 12.4 Å². The fraction of sp³-hybridized carbons (Fsp3) is 0.263. The summed E-state index contributed by atoms with van der Waals surface area (Å²) in [5.74, 6) is -0.119. The average molecular weight is 420 g/mol. The summed E-state index contributed by atoms with van der Waals surface area (Å²) in [5.41, 5.74) is 2.45. The Morgan fingerprint density at radius 1 is 1.29 bits per heavy atom. The average Bonchev–Trinajstić information content (AvgIpc) is 3.23. The molecule has 7 nitrogen and oxygen atoms in total. The number of nitrogens with zero attached hydrogens (tertiary/aromatic N) is 2. The van der Waals surface area contributed by atoms with E-state index in [2.05, 4.69) is 15.5 Å². The highest BCUT2D eigenvalue weighted by molar-refractivity contribution is 7.19. The van der Waals surface area contributed by atoms with Crippen LogP contribution in [-0.4, -0.2) is 29.1 Å². The zero-order valence-corrected chi connectivity index (χ0v) is 17.1. The Morgan fingerprint density at radius 3 is 2.68 bits per heavy atom. The van der Waals surface area contributed by atoms with Gasteiger partial charge in [0.05, 0.1) is 17.7 Å². The lowest BCUT2D eigenvalue weighted by atomic mass is 10.1. The van der Waals surface area contributed by atoms with Crippen molar-refractivity contribution in [2.45, 2.75) is 26.7 Å². The van der Waals surface area contributed by atoms with Crippen LogP contribution in [0.2, 0.25) is 5.02 Å². The number of hydrogen-bond acceptors (Lipinski definition) is 7. The molecule has 1 amide bonds. The summed E-state index contributed by atoms with van der Waals surface area (Å²) in [6.45, 7) is 3.65. The van der Waals surface area contributed by atoms with Crippen molar-refractivity contribution in [3.05, 3.63) is 52.0 Å². The van der Waals surface area contributed by atoms with Gasteiger partial charge in [0.25, 0.3) is 0 Å². The van der Waals surface area contributed by atoms with Gasteiger partial charge in [0, 0.05) is 22.6 Å². The minimum Gasteiger partial charge on any atom is -0.464 e. The normalized spacial score (nSPS) is 10.7. The van der Waals surface area contributed by atoms with Gasteiger partial charge in [0.1, 0.15) is 5.76 Å². The Labute approximate surface area is 170 Å². The fourth-order valence-corrected chi connectivity index (χ4v) is 4.01. The van der Waals surface area contributed by atoms with Crippen molar-refractivity contribution < 1.29 is 18.8 Å². The number of rotatable bonds is 6. The van der Waals surface area contributed by atoms with Crippen LogP contribution in [0.15, 0.2) is 28.8 Å². The Hall–Kier alpha value is -2.71. The summed E-state index contributed by atoms with van der Waals surface area (Å²) in [6, 6.07) is 7.11. The molecule has 0 aliphatic carbocycles. The molecule has 0 atom stereocenters. The highest BCUT2D eigenvalue weighted by atomic mass is 35.5. The van der Waals surface area contributed by atoms with Crippen LogP contribution < -0.4 is 5.32 Å². The number of anilines is 1. The smallest absolute Gasteiger partial charge is 0.358 e. The number of aromatic nitrogens is 2. The van der Waals surface area contributed by atoms with Crippen LogP contribution in [0.3, 0.4) is 0 Å². The van der Waals surface area contributed by atoms with Crippen LogP contribution in [0.5, 0.6) is 0 Å². The van der Waals surface area contributed by atoms with Crippen molar-refractivity contribution in [3.63, 3.8) is 0 Å². The zero-order chi connectivity index (χ0) is 20.3. The maximum absolute atomic E-state index is 12.4. The number of amides is 1. The number of esters is 1. The Bertz CT molecular complexity index is 1010. The molecular weight excluding hydrogens is 402 g/mol. The van der Waals surface area contributed by atoms with Crippen LogP contribution in [0, 0.1) is 13.8 Å². The number of halogens is 1. The van der Waals surface area contributed by atoms with E-state index < -0.39 is 5.97 Å². The summed E-state index contributed by atoms with van der Waals surface area (Å²) in [6.07, 6.45) is 0.733. The summed E-state index contributed by atoms with van der Waals surface area (Å²) >= 11 is 7.42. The largest absolute Gasteiger partial charge is 0.464 e. The lowest BCUT2D eigenvalue weighted by molar-refractivity contribution is -0.116. The van der Waals surface area contributed by atoms with Gasteiger partial charge < -0.3 is 14.6 Å². The quantitative estimate of drug-likeness (QED) is 0.594. The molecule has 1 aromatic carbocycles. The van der Waals surface area contributed by atoms with E-state index in [-0.39, 0.29) is 18.0 Å². The summed E-state index contributed by atoms with van der Waals surface area (Å²) in [4.78, 5) is 29.3. The molecule has 28 heavy (non-hydrogen) atoms. The number of carbonyl (C=O) groups is 2. The fourth-order valence-electron chi connectivity index (χ4n) is 2.72. The first-order chi connectivity index (χ1) is 13.4. The molecule has 0 unspecified atom stereocenters. The Balaban J connectivity index is 1.80. The van der Waals surface area contributed by atoms with E-state index in [4.69, 9.17) is 20.9 Å². The van der Waals surface area contributed by atoms with Gasteiger partial charge >= 0.3 is 5.97 Å². The molecule has 2 heterocycles. The highest BCUT2D eigenvalue weighted by Gasteiger charge is 2.22. The molecule has 3 rings (SSSR count). The molecule has 0 radical (unpaired) electrons. The predicted octanol–water partition coefficient (Wildman–Crippen LogP) is 4.43. The first-order valence-corrected chi connectivity index (χ1v) is 9.65. The van der Waals surface area contributed by atoms with E-state index in [1.54, 1.807) is 18.2 Å². The van der Waals surface area contributed by atoms with Gasteiger partial charge in [0.2, 0.25) is 5.91 Å². The van der Waals surface area contributed by atoms with Gasteiger partial charge in [-0.3, -0.25) is 4.79 Å². The molecule has 0 saturated carbocycles. The number of methoxy groups -OCH3 is 1. The first-order valence-electron chi connectivity index (χ1n) is 8.46. The van der Waals surface area contributed by atoms with Crippen LogP contribution in [-0.2, 0) is 16.0 Å². The zero-order valence-electron chi connectivity index (χ0n) is 15.5. The summed E-state index contributed by atoms with van der Waals surface area (Å²) < 4.78 is 9.92. The predicted molar refractivity (Wildman–Crippen MR) is 107 cm³/mol. The summed E-state index contributed by atoms with van der Waals surface area (Å²) in [7, 11) is 1.28. The van der Waals surface area contributed by atoms with Gasteiger partial charge in [0.15, 0.2) is 10.8 Å². The number of benzene rings is 1. The van der Waals surface area contributed by atoms with Crippen molar-refractivity contribution >= 4 is 39.9 Å². The molecule has 1 N–H and O–H groups in total. The second-order valence-corrected chi connectivity index (χ2v) is 7.43. The second-order valence-electron chi connectivity index (χ2n) is 6.02. The third-order valence-electron chi connectivity index (χ3n) is 4.15. The van der Waals surface area contributed by atoms with Gasteiger partial charge in [-0.2, -0.15) is 0 Å². The van der Waals surface area contributed by atoms with Gasteiger partial charge in [-0.05, 0) is 26.3 Å². The topological polar surface area (TPSA) is 94.3 Å². The lowest BCUT2D eigenvalue weighted by Gasteiger charge is -2.02. The number of hydrogen-bond donors (Lipinski definition) is 1. The van der Waals surface area contributed by atoms with E-state index in [1.165, 1.54) is 18.4 Å². The van der Waals surface area contributed by atoms with Crippen molar-refractivity contribution in [3.8, 4) is 10.4 Å². The molecule has 9 heteroatoms. The van der Waals surface area contributed by atoms with Crippen molar-refractivity contribution in [1.29, 1.82) is 0 Å². The van der Waals surface area contributed by atoms with E-state index in [0.717, 1.165) is 11.3 Å². The standard InChI is InChI=1S/C19H18ClN3O4S/c1-10-12(11(2)27-23-10)8-9-15(24)21-19-22-16(18(25)26-3)17(28-19)13-6-4-5-7-14(13)20/h4-7H,8-9H2,1-3H3,(H,21,22,24). The number of aryl methyl sites for hydroxylation is 2. The minimum absolute atomic E-state index is 0.113. The van der Waals surface area contributed by atoms with E-state index >= 15 is 0 Å². The van der Waals surface area contributed by atoms with Crippen LogP contribution >= 0.6 is 22.9 Å². The Kier molecular flexibility index (Phi) is 6.11. The van der Waals surface area contributed by atoms with E-state index in [0.29, 0.717) is 32.8 Å². The van der Waals surface area contributed by atoms with Crippen LogP contribution in [0.1, 0.15) is 33.9 Å². The third-order valence-corrected chi connectivity index (χ3v) is 5.49. The lowest BCUT2D eigenvalue weighted by Crippen LogP contribution is -2.13. The molecule has 0 saturated heterocycles. The second kappa shape index (κ2) is 8.53. The van der Waals surface area contributed by atoms with E-state index in [9.17, 15) is 9.59 Å². The minimum atomic E-state index is -0.595. The Morgan fingerprint density at radius 2 is 2.04 bits per heavy atom.